The number of anilines is 1. The van der Waals surface area contributed by atoms with E-state index in [0.717, 1.165) is 52.9 Å². The maximum absolute atomic E-state index is 12.7. The number of benzene rings is 1. The summed E-state index contributed by atoms with van der Waals surface area (Å²) in [6, 6.07) is 5.93. The number of nitrogens with one attached hydrogen (secondary N) is 1. The molecular formula is C21H23N5O3S2. The second kappa shape index (κ2) is 9.19. The normalized spacial score (nSPS) is 13.0. The maximum Gasteiger partial charge on any atom is 0.341 e. The number of ether oxygens (including phenoxy) is 1. The third-order valence-corrected chi connectivity index (χ3v) is 7.52. The second-order valence-electron chi connectivity index (χ2n) is 7.34. The van der Waals surface area contributed by atoms with E-state index in [-0.39, 0.29) is 11.7 Å². The van der Waals surface area contributed by atoms with E-state index in [0.29, 0.717) is 15.7 Å². The molecule has 3 aromatic rings. The summed E-state index contributed by atoms with van der Waals surface area (Å²) in [5.41, 5.74) is 4.61. The summed E-state index contributed by atoms with van der Waals surface area (Å²) in [6.07, 6.45) is 3.90. The Morgan fingerprint density at radius 1 is 1.26 bits per heavy atom. The number of hydrogen-bond donors (Lipinski definition) is 1. The van der Waals surface area contributed by atoms with Gasteiger partial charge in [-0.15, -0.1) is 16.4 Å². The lowest BCUT2D eigenvalue weighted by molar-refractivity contribution is -0.113. The third-order valence-electron chi connectivity index (χ3n) is 5.39. The first-order valence-electron chi connectivity index (χ1n) is 10.00. The number of aryl methyl sites for hydroxylation is 2. The van der Waals surface area contributed by atoms with E-state index >= 15 is 0 Å². The van der Waals surface area contributed by atoms with E-state index in [1.165, 1.54) is 30.2 Å². The van der Waals surface area contributed by atoms with Crippen LogP contribution in [0.3, 0.4) is 0 Å². The number of amides is 1. The lowest BCUT2D eigenvalue weighted by Crippen LogP contribution is -2.17. The number of thioether (sulfide) groups is 1. The molecule has 8 nitrogen and oxygen atoms in total. The molecule has 0 atom stereocenters. The standard InChI is InChI=1S/C21H23N5O3S2/c1-12-7-6-9-15(13(12)2)26-21(23-24-25-26)30-11-17(27)22-19-18(20(28)29-3)14-8-4-5-10-16(14)31-19/h6-7,9H,4-5,8,10-11H2,1-3H3,(H,22,27). The van der Waals surface area contributed by atoms with Crippen LogP contribution in [0.4, 0.5) is 5.00 Å². The number of methoxy groups -OCH3 is 1. The number of thiophene rings is 1. The Morgan fingerprint density at radius 3 is 2.87 bits per heavy atom. The minimum Gasteiger partial charge on any atom is -0.465 e. The minimum atomic E-state index is -0.402. The maximum atomic E-state index is 12.7. The van der Waals surface area contributed by atoms with E-state index in [2.05, 4.69) is 20.8 Å². The molecule has 0 saturated carbocycles. The number of fused-ring (bicyclic) bond motifs is 1. The molecule has 0 radical (unpaired) electrons. The highest BCUT2D eigenvalue weighted by atomic mass is 32.2. The number of carbonyl (C=O) groups is 2. The average molecular weight is 458 g/mol. The number of tetrazole rings is 1. The molecule has 1 aliphatic rings. The van der Waals surface area contributed by atoms with Crippen molar-refractivity contribution in [1.82, 2.24) is 20.2 Å². The fourth-order valence-corrected chi connectivity index (χ4v) is 5.63. The van der Waals surface area contributed by atoms with Gasteiger partial charge in [-0.2, -0.15) is 4.68 Å². The Balaban J connectivity index is 1.49. The topological polar surface area (TPSA) is 99.0 Å². The fourth-order valence-electron chi connectivity index (χ4n) is 3.65. The Kier molecular flexibility index (Phi) is 6.38. The molecule has 0 aliphatic heterocycles. The highest BCUT2D eigenvalue weighted by Crippen LogP contribution is 2.38. The second-order valence-corrected chi connectivity index (χ2v) is 9.38. The summed E-state index contributed by atoms with van der Waals surface area (Å²) in [7, 11) is 1.36. The van der Waals surface area contributed by atoms with E-state index in [4.69, 9.17) is 4.74 Å². The van der Waals surface area contributed by atoms with E-state index in [1.54, 1.807) is 4.68 Å². The number of aromatic nitrogens is 4. The Hall–Kier alpha value is -2.72. The van der Waals surface area contributed by atoms with Crippen molar-refractivity contribution in [1.29, 1.82) is 0 Å². The summed E-state index contributed by atoms with van der Waals surface area (Å²) >= 11 is 2.72. The highest BCUT2D eigenvalue weighted by Gasteiger charge is 2.27. The first-order valence-corrected chi connectivity index (χ1v) is 11.8. The van der Waals surface area contributed by atoms with Crippen molar-refractivity contribution in [3.63, 3.8) is 0 Å². The van der Waals surface area contributed by atoms with Gasteiger partial charge in [0.2, 0.25) is 11.1 Å². The SMILES string of the molecule is COC(=O)c1c(NC(=O)CSc2nnnn2-c2cccc(C)c2C)sc2c1CCCC2. The molecule has 0 bridgehead atoms. The predicted octanol–water partition coefficient (Wildman–Crippen LogP) is 3.74. The Morgan fingerprint density at radius 2 is 2.06 bits per heavy atom. The zero-order valence-corrected chi connectivity index (χ0v) is 19.2. The van der Waals surface area contributed by atoms with E-state index < -0.39 is 5.97 Å². The van der Waals surface area contributed by atoms with Gasteiger partial charge in [-0.1, -0.05) is 23.9 Å². The quantitative estimate of drug-likeness (QED) is 0.445. The largest absolute Gasteiger partial charge is 0.465 e. The van der Waals surface area contributed by atoms with Gasteiger partial charge in [-0.05, 0) is 72.7 Å². The third kappa shape index (κ3) is 4.35. The van der Waals surface area contributed by atoms with Crippen LogP contribution in [-0.4, -0.2) is 44.9 Å². The van der Waals surface area contributed by atoms with Crippen LogP contribution in [0.5, 0.6) is 0 Å². The molecular weight excluding hydrogens is 434 g/mol. The van der Waals surface area contributed by atoms with Gasteiger partial charge in [0.15, 0.2) is 0 Å². The van der Waals surface area contributed by atoms with Gasteiger partial charge >= 0.3 is 5.97 Å². The van der Waals surface area contributed by atoms with Gasteiger partial charge in [0.25, 0.3) is 0 Å². The van der Waals surface area contributed by atoms with Crippen LogP contribution in [0.15, 0.2) is 23.4 Å². The Labute approximate surface area is 188 Å². The van der Waals surface area contributed by atoms with Crippen LogP contribution in [-0.2, 0) is 22.4 Å². The monoisotopic (exact) mass is 457 g/mol. The van der Waals surface area contributed by atoms with Gasteiger partial charge in [0.1, 0.15) is 5.00 Å². The number of hydrogen-bond acceptors (Lipinski definition) is 8. The van der Waals surface area contributed by atoms with Crippen molar-refractivity contribution < 1.29 is 14.3 Å². The van der Waals surface area contributed by atoms with Crippen molar-refractivity contribution in [3.8, 4) is 5.69 Å². The van der Waals surface area contributed by atoms with Crippen LogP contribution in [0.2, 0.25) is 0 Å². The fraction of sp³-hybridized carbons (Fsp3) is 0.381. The molecule has 2 heterocycles. The van der Waals surface area contributed by atoms with Crippen molar-refractivity contribution >= 4 is 40.0 Å². The molecule has 1 aromatic carbocycles. The molecule has 10 heteroatoms. The van der Waals surface area contributed by atoms with Crippen LogP contribution in [0.1, 0.15) is 44.8 Å². The van der Waals surface area contributed by atoms with Crippen molar-refractivity contribution in [2.75, 3.05) is 18.2 Å². The van der Waals surface area contributed by atoms with Gasteiger partial charge in [0.05, 0.1) is 24.1 Å². The first-order chi connectivity index (χ1) is 15.0. The molecule has 31 heavy (non-hydrogen) atoms. The van der Waals surface area contributed by atoms with E-state index in [9.17, 15) is 9.59 Å². The molecule has 0 saturated heterocycles. The Bertz CT molecular complexity index is 1140. The summed E-state index contributed by atoms with van der Waals surface area (Å²) in [4.78, 5) is 26.2. The zero-order chi connectivity index (χ0) is 22.0. The van der Waals surface area contributed by atoms with Gasteiger partial charge in [-0.25, -0.2) is 4.79 Å². The van der Waals surface area contributed by atoms with Gasteiger partial charge in [-0.3, -0.25) is 4.79 Å². The number of esters is 1. The zero-order valence-electron chi connectivity index (χ0n) is 17.6. The summed E-state index contributed by atoms with van der Waals surface area (Å²) in [5, 5.41) is 15.9. The molecule has 1 amide bonds. The van der Waals surface area contributed by atoms with Gasteiger partial charge in [0, 0.05) is 4.88 Å². The molecule has 0 fully saturated rings. The summed E-state index contributed by atoms with van der Waals surface area (Å²) < 4.78 is 6.61. The van der Waals surface area contributed by atoms with Crippen molar-refractivity contribution in [3.05, 3.63) is 45.3 Å². The number of rotatable bonds is 6. The van der Waals surface area contributed by atoms with Crippen LogP contribution in [0.25, 0.3) is 5.69 Å². The minimum absolute atomic E-state index is 0.119. The molecule has 4 rings (SSSR count). The molecule has 0 spiro atoms. The summed E-state index contributed by atoms with van der Waals surface area (Å²) in [6.45, 7) is 4.05. The summed E-state index contributed by atoms with van der Waals surface area (Å²) in [5.74, 6) is -0.500. The lowest BCUT2D eigenvalue weighted by atomic mass is 9.95. The highest BCUT2D eigenvalue weighted by molar-refractivity contribution is 7.99. The van der Waals surface area contributed by atoms with Crippen molar-refractivity contribution in [2.45, 2.75) is 44.7 Å². The predicted molar refractivity (Wildman–Crippen MR) is 120 cm³/mol. The van der Waals surface area contributed by atoms with Gasteiger partial charge < -0.3 is 10.1 Å². The smallest absolute Gasteiger partial charge is 0.341 e. The molecule has 0 unspecified atom stereocenters. The van der Waals surface area contributed by atoms with E-state index in [1.807, 2.05) is 32.0 Å². The molecule has 1 aliphatic carbocycles. The molecule has 1 N–H and O–H groups in total. The molecule has 2 aromatic heterocycles. The van der Waals surface area contributed by atoms with Crippen LogP contribution >= 0.6 is 23.1 Å². The average Bonchev–Trinajstić information content (AvgIpc) is 3.37. The molecule has 162 valence electrons. The first kappa shape index (κ1) is 21.5. The van der Waals surface area contributed by atoms with Crippen LogP contribution in [0, 0.1) is 13.8 Å². The van der Waals surface area contributed by atoms with Crippen molar-refractivity contribution in [2.24, 2.45) is 0 Å². The lowest BCUT2D eigenvalue weighted by Gasteiger charge is -2.11. The number of nitrogens with zero attached hydrogens (tertiary/aromatic N) is 4. The number of carbonyl (C=O) groups excluding carboxylic acids is 2. The van der Waals surface area contributed by atoms with Crippen LogP contribution < -0.4 is 5.32 Å².